The van der Waals surface area contributed by atoms with Gasteiger partial charge in [0.2, 0.25) is 0 Å². The molecular formula is C17H25NO3. The van der Waals surface area contributed by atoms with Crippen LogP contribution in [0.25, 0.3) is 0 Å². The molecule has 4 heteroatoms. The highest BCUT2D eigenvalue weighted by Gasteiger charge is 2.39. The van der Waals surface area contributed by atoms with Gasteiger partial charge in [0.25, 0.3) is 5.91 Å². The minimum Gasteiger partial charge on any atom is -0.469 e. The maximum absolute atomic E-state index is 12.3. The first-order valence-electron chi connectivity index (χ1n) is 7.23. The van der Waals surface area contributed by atoms with Gasteiger partial charge in [0.15, 0.2) is 0 Å². The first-order valence-corrected chi connectivity index (χ1v) is 7.23. The second-order valence-electron chi connectivity index (χ2n) is 6.23. The summed E-state index contributed by atoms with van der Waals surface area (Å²) in [5, 5.41) is 2.98. The van der Waals surface area contributed by atoms with Gasteiger partial charge in [-0.2, -0.15) is 0 Å². The fraction of sp³-hybridized carbons (Fsp3) is 0.529. The van der Waals surface area contributed by atoms with Gasteiger partial charge in [0.1, 0.15) is 0 Å². The molecule has 1 amide bonds. The van der Waals surface area contributed by atoms with Crippen LogP contribution in [0.1, 0.15) is 44.5 Å². The van der Waals surface area contributed by atoms with Crippen LogP contribution in [0.3, 0.4) is 0 Å². The van der Waals surface area contributed by atoms with E-state index in [1.807, 2.05) is 18.2 Å². The number of carbonyl (C=O) groups is 2. The minimum absolute atomic E-state index is 0.168. The van der Waals surface area contributed by atoms with Crippen molar-refractivity contribution >= 4 is 11.9 Å². The van der Waals surface area contributed by atoms with Gasteiger partial charge in [-0.15, -0.1) is 0 Å². The van der Waals surface area contributed by atoms with E-state index in [1.54, 1.807) is 26.0 Å². The average Bonchev–Trinajstić information content (AvgIpc) is 2.45. The molecule has 0 fully saturated rings. The Kier molecular flexibility index (Phi) is 5.94. The van der Waals surface area contributed by atoms with Crippen LogP contribution in [0.2, 0.25) is 0 Å². The summed E-state index contributed by atoms with van der Waals surface area (Å²) < 4.78 is 4.87. The first kappa shape index (κ1) is 17.2. The Hall–Kier alpha value is -1.84. The largest absolute Gasteiger partial charge is 0.469 e. The molecule has 0 aliphatic heterocycles. The van der Waals surface area contributed by atoms with Gasteiger partial charge in [-0.25, -0.2) is 0 Å². The Bertz CT molecular complexity index is 480. The highest BCUT2D eigenvalue weighted by atomic mass is 16.5. The lowest BCUT2D eigenvalue weighted by molar-refractivity contribution is -0.152. The van der Waals surface area contributed by atoms with Gasteiger partial charge in [-0.3, -0.25) is 9.59 Å². The standard InChI is InChI=1S/C17H25NO3/c1-12(2)11-14(17(3,4)16(20)21-5)18-15(19)13-9-7-6-8-10-13/h6-10,12,14H,11H2,1-5H3,(H,18,19). The van der Waals surface area contributed by atoms with E-state index in [-0.39, 0.29) is 17.9 Å². The number of rotatable bonds is 6. The molecular weight excluding hydrogens is 266 g/mol. The van der Waals surface area contributed by atoms with Gasteiger partial charge in [-0.05, 0) is 38.3 Å². The van der Waals surface area contributed by atoms with E-state index < -0.39 is 5.41 Å². The monoisotopic (exact) mass is 291 g/mol. The molecule has 0 saturated heterocycles. The SMILES string of the molecule is COC(=O)C(C)(C)C(CC(C)C)NC(=O)c1ccccc1. The van der Waals surface area contributed by atoms with E-state index >= 15 is 0 Å². The highest BCUT2D eigenvalue weighted by Crippen LogP contribution is 2.27. The Balaban J connectivity index is 2.93. The summed E-state index contributed by atoms with van der Waals surface area (Å²) in [6.45, 7) is 7.73. The van der Waals surface area contributed by atoms with Crippen molar-refractivity contribution in [1.29, 1.82) is 0 Å². The Morgan fingerprint density at radius 3 is 2.24 bits per heavy atom. The lowest BCUT2D eigenvalue weighted by Gasteiger charge is -2.33. The summed E-state index contributed by atoms with van der Waals surface area (Å²) in [5.41, 5.74) is -0.185. The second-order valence-corrected chi connectivity index (χ2v) is 6.23. The normalized spacial score (nSPS) is 12.9. The third-order valence-electron chi connectivity index (χ3n) is 3.63. The molecule has 0 aromatic heterocycles. The molecule has 0 spiro atoms. The summed E-state index contributed by atoms with van der Waals surface area (Å²) in [6.07, 6.45) is 0.709. The number of hydrogen-bond donors (Lipinski definition) is 1. The zero-order valence-corrected chi connectivity index (χ0v) is 13.5. The molecule has 21 heavy (non-hydrogen) atoms. The third kappa shape index (κ3) is 4.59. The molecule has 1 aromatic rings. The van der Waals surface area contributed by atoms with Crippen molar-refractivity contribution in [2.45, 2.75) is 40.2 Å². The minimum atomic E-state index is -0.774. The van der Waals surface area contributed by atoms with Crippen LogP contribution in [-0.4, -0.2) is 25.0 Å². The summed E-state index contributed by atoms with van der Waals surface area (Å²) in [4.78, 5) is 24.3. The van der Waals surface area contributed by atoms with Crippen molar-refractivity contribution in [3.63, 3.8) is 0 Å². The molecule has 0 heterocycles. The van der Waals surface area contributed by atoms with Crippen molar-refractivity contribution in [2.24, 2.45) is 11.3 Å². The molecule has 1 aromatic carbocycles. The third-order valence-corrected chi connectivity index (χ3v) is 3.63. The topological polar surface area (TPSA) is 55.4 Å². The predicted molar refractivity (Wildman–Crippen MR) is 82.9 cm³/mol. The van der Waals surface area contributed by atoms with Gasteiger partial charge in [0, 0.05) is 11.6 Å². The second kappa shape index (κ2) is 7.25. The molecule has 0 radical (unpaired) electrons. The quantitative estimate of drug-likeness (QED) is 0.820. The van der Waals surface area contributed by atoms with Crippen molar-refractivity contribution in [3.05, 3.63) is 35.9 Å². The molecule has 0 bridgehead atoms. The number of esters is 1. The first-order chi connectivity index (χ1) is 9.78. The molecule has 0 aliphatic rings. The number of ether oxygens (including phenoxy) is 1. The molecule has 116 valence electrons. The van der Waals surface area contributed by atoms with Crippen molar-refractivity contribution in [1.82, 2.24) is 5.32 Å². The van der Waals surface area contributed by atoms with E-state index in [1.165, 1.54) is 7.11 Å². The van der Waals surface area contributed by atoms with Gasteiger partial charge in [0.05, 0.1) is 12.5 Å². The fourth-order valence-electron chi connectivity index (χ4n) is 2.24. The van der Waals surface area contributed by atoms with E-state index in [4.69, 9.17) is 4.74 Å². The summed E-state index contributed by atoms with van der Waals surface area (Å²) in [6, 6.07) is 8.73. The molecule has 1 unspecified atom stereocenters. The maximum Gasteiger partial charge on any atom is 0.313 e. The number of carbonyl (C=O) groups excluding carboxylic acids is 2. The lowest BCUT2D eigenvalue weighted by atomic mass is 9.80. The molecule has 0 saturated carbocycles. The van der Waals surface area contributed by atoms with Crippen LogP contribution >= 0.6 is 0 Å². The summed E-state index contributed by atoms with van der Waals surface area (Å²) in [7, 11) is 1.37. The van der Waals surface area contributed by atoms with Gasteiger partial charge in [-0.1, -0.05) is 32.0 Å². The summed E-state index contributed by atoms with van der Waals surface area (Å²) >= 11 is 0. The Labute approximate surface area is 126 Å². The van der Waals surface area contributed by atoms with Crippen LogP contribution in [0.4, 0.5) is 0 Å². The van der Waals surface area contributed by atoms with Gasteiger partial charge >= 0.3 is 5.97 Å². The van der Waals surface area contributed by atoms with Crippen molar-refractivity contribution in [2.75, 3.05) is 7.11 Å². The van der Waals surface area contributed by atoms with Crippen LogP contribution in [-0.2, 0) is 9.53 Å². The number of methoxy groups -OCH3 is 1. The Morgan fingerprint density at radius 1 is 1.19 bits per heavy atom. The number of nitrogens with one attached hydrogen (secondary N) is 1. The van der Waals surface area contributed by atoms with E-state index in [0.29, 0.717) is 17.9 Å². The molecule has 1 rings (SSSR count). The molecule has 0 aliphatic carbocycles. The van der Waals surface area contributed by atoms with Crippen LogP contribution in [0.5, 0.6) is 0 Å². The lowest BCUT2D eigenvalue weighted by Crippen LogP contribution is -2.50. The fourth-order valence-corrected chi connectivity index (χ4v) is 2.24. The Morgan fingerprint density at radius 2 is 1.76 bits per heavy atom. The van der Waals surface area contributed by atoms with Crippen LogP contribution in [0.15, 0.2) is 30.3 Å². The number of hydrogen-bond acceptors (Lipinski definition) is 3. The number of benzene rings is 1. The van der Waals surface area contributed by atoms with Crippen molar-refractivity contribution in [3.8, 4) is 0 Å². The zero-order chi connectivity index (χ0) is 16.0. The van der Waals surface area contributed by atoms with Crippen LogP contribution < -0.4 is 5.32 Å². The highest BCUT2D eigenvalue weighted by molar-refractivity contribution is 5.94. The average molecular weight is 291 g/mol. The number of amides is 1. The van der Waals surface area contributed by atoms with E-state index in [9.17, 15) is 9.59 Å². The smallest absolute Gasteiger partial charge is 0.313 e. The zero-order valence-electron chi connectivity index (χ0n) is 13.5. The predicted octanol–water partition coefficient (Wildman–Crippen LogP) is 3.03. The molecule has 1 atom stereocenters. The van der Waals surface area contributed by atoms with E-state index in [2.05, 4.69) is 19.2 Å². The molecule has 1 N–H and O–H groups in total. The molecule has 4 nitrogen and oxygen atoms in total. The van der Waals surface area contributed by atoms with Crippen LogP contribution in [0, 0.1) is 11.3 Å². The van der Waals surface area contributed by atoms with E-state index in [0.717, 1.165) is 0 Å². The maximum atomic E-state index is 12.3. The van der Waals surface area contributed by atoms with Crippen molar-refractivity contribution < 1.29 is 14.3 Å². The summed E-state index contributed by atoms with van der Waals surface area (Å²) in [5.74, 6) is -0.130. The van der Waals surface area contributed by atoms with Gasteiger partial charge < -0.3 is 10.1 Å².